The lowest BCUT2D eigenvalue weighted by Gasteiger charge is -2.18. The van der Waals surface area contributed by atoms with Crippen molar-refractivity contribution in [2.24, 2.45) is 5.92 Å². The highest BCUT2D eigenvalue weighted by atomic mass is 32.1. The molecule has 1 N–H and O–H groups in total. The molecule has 1 aromatic carbocycles. The summed E-state index contributed by atoms with van der Waals surface area (Å²) in [4.78, 5) is 26.0. The molecule has 1 atom stereocenters. The standard InChI is InChI=1S/C19H21N3O2S/c1-12(2)13(3)20-17(23)11-22-19(24)15-8-5-4-7-14(15)18(21-22)16-9-6-10-25-16/h4-10,12-13H,11H2,1-3H3,(H,20,23). The van der Waals surface area contributed by atoms with E-state index in [-0.39, 0.29) is 24.1 Å². The van der Waals surface area contributed by atoms with E-state index in [1.807, 2.05) is 56.5 Å². The zero-order chi connectivity index (χ0) is 18.0. The number of carbonyl (C=O) groups excluding carboxylic acids is 1. The van der Waals surface area contributed by atoms with Crippen LogP contribution in [0.25, 0.3) is 21.3 Å². The number of rotatable bonds is 5. The zero-order valence-electron chi connectivity index (χ0n) is 14.5. The molecule has 0 aliphatic carbocycles. The van der Waals surface area contributed by atoms with E-state index in [9.17, 15) is 9.59 Å². The van der Waals surface area contributed by atoms with Gasteiger partial charge in [0.2, 0.25) is 5.91 Å². The highest BCUT2D eigenvalue weighted by molar-refractivity contribution is 7.13. The van der Waals surface area contributed by atoms with Crippen LogP contribution in [0.3, 0.4) is 0 Å². The van der Waals surface area contributed by atoms with Gasteiger partial charge >= 0.3 is 0 Å². The maximum absolute atomic E-state index is 12.7. The fourth-order valence-electron chi connectivity index (χ4n) is 2.54. The Bertz CT molecular complexity index is 945. The molecule has 1 amide bonds. The Hall–Kier alpha value is -2.47. The van der Waals surface area contributed by atoms with Crippen molar-refractivity contribution in [1.29, 1.82) is 0 Å². The Morgan fingerprint density at radius 2 is 1.88 bits per heavy atom. The van der Waals surface area contributed by atoms with E-state index in [0.29, 0.717) is 11.3 Å². The second-order valence-corrected chi connectivity index (χ2v) is 7.38. The van der Waals surface area contributed by atoms with E-state index >= 15 is 0 Å². The lowest BCUT2D eigenvalue weighted by Crippen LogP contribution is -2.40. The molecule has 25 heavy (non-hydrogen) atoms. The van der Waals surface area contributed by atoms with Crippen LogP contribution in [0.1, 0.15) is 20.8 Å². The van der Waals surface area contributed by atoms with Crippen molar-refractivity contribution in [3.63, 3.8) is 0 Å². The van der Waals surface area contributed by atoms with Gasteiger partial charge in [0, 0.05) is 11.4 Å². The molecule has 6 heteroatoms. The first-order chi connectivity index (χ1) is 12.0. The molecule has 1 unspecified atom stereocenters. The molecule has 130 valence electrons. The average Bonchev–Trinajstić information content (AvgIpc) is 3.11. The molecule has 3 rings (SSSR count). The Balaban J connectivity index is 2.03. The van der Waals surface area contributed by atoms with Crippen molar-refractivity contribution in [2.45, 2.75) is 33.4 Å². The highest BCUT2D eigenvalue weighted by Gasteiger charge is 2.16. The van der Waals surface area contributed by atoms with Gasteiger partial charge in [-0.3, -0.25) is 9.59 Å². The van der Waals surface area contributed by atoms with Crippen molar-refractivity contribution in [2.75, 3.05) is 0 Å². The summed E-state index contributed by atoms with van der Waals surface area (Å²) in [5.41, 5.74) is 0.484. The van der Waals surface area contributed by atoms with Gasteiger partial charge in [0.05, 0.1) is 10.3 Å². The molecule has 0 spiro atoms. The van der Waals surface area contributed by atoms with Gasteiger partial charge in [0.1, 0.15) is 12.2 Å². The third-order valence-corrected chi connectivity index (χ3v) is 5.18. The average molecular weight is 355 g/mol. The summed E-state index contributed by atoms with van der Waals surface area (Å²) in [5.74, 6) is 0.120. The van der Waals surface area contributed by atoms with E-state index in [4.69, 9.17) is 0 Å². The number of benzene rings is 1. The SMILES string of the molecule is CC(C)C(C)NC(=O)Cn1nc(-c2cccs2)c2ccccc2c1=O. The Morgan fingerprint density at radius 3 is 2.52 bits per heavy atom. The molecule has 0 aliphatic heterocycles. The normalized spacial score (nSPS) is 12.5. The monoisotopic (exact) mass is 355 g/mol. The van der Waals surface area contributed by atoms with Crippen molar-refractivity contribution < 1.29 is 4.79 Å². The Kier molecular flexibility index (Phi) is 4.99. The van der Waals surface area contributed by atoms with Crippen LogP contribution in [0.2, 0.25) is 0 Å². The molecular formula is C19H21N3O2S. The number of aromatic nitrogens is 2. The summed E-state index contributed by atoms with van der Waals surface area (Å²) in [5, 5.41) is 10.8. The summed E-state index contributed by atoms with van der Waals surface area (Å²) < 4.78 is 1.26. The van der Waals surface area contributed by atoms with Crippen molar-refractivity contribution in [3.05, 3.63) is 52.1 Å². The third-order valence-electron chi connectivity index (χ3n) is 4.30. The van der Waals surface area contributed by atoms with Crippen molar-refractivity contribution >= 4 is 28.0 Å². The van der Waals surface area contributed by atoms with Crippen LogP contribution in [0.15, 0.2) is 46.6 Å². The number of fused-ring (bicyclic) bond motifs is 1. The first kappa shape index (κ1) is 17.4. The molecule has 3 aromatic rings. The number of amides is 1. The van der Waals surface area contributed by atoms with E-state index in [1.165, 1.54) is 4.68 Å². The maximum atomic E-state index is 12.7. The first-order valence-electron chi connectivity index (χ1n) is 8.30. The van der Waals surface area contributed by atoms with Gasteiger partial charge < -0.3 is 5.32 Å². The van der Waals surface area contributed by atoms with Crippen LogP contribution in [-0.4, -0.2) is 21.7 Å². The quantitative estimate of drug-likeness (QED) is 0.764. The molecule has 2 heterocycles. The zero-order valence-corrected chi connectivity index (χ0v) is 15.3. The predicted molar refractivity (Wildman–Crippen MR) is 102 cm³/mol. The lowest BCUT2D eigenvalue weighted by molar-refractivity contribution is -0.122. The number of carbonyl (C=O) groups is 1. The topological polar surface area (TPSA) is 64.0 Å². The van der Waals surface area contributed by atoms with Crippen LogP contribution in [-0.2, 0) is 11.3 Å². The summed E-state index contributed by atoms with van der Waals surface area (Å²) >= 11 is 1.56. The molecule has 0 bridgehead atoms. The molecule has 0 saturated carbocycles. The summed E-state index contributed by atoms with van der Waals surface area (Å²) in [7, 11) is 0. The van der Waals surface area contributed by atoms with Crippen LogP contribution in [0.5, 0.6) is 0 Å². The largest absolute Gasteiger partial charge is 0.352 e. The van der Waals surface area contributed by atoms with Gasteiger partial charge in [-0.25, -0.2) is 4.68 Å². The van der Waals surface area contributed by atoms with Crippen molar-refractivity contribution in [1.82, 2.24) is 15.1 Å². The fourth-order valence-corrected chi connectivity index (χ4v) is 3.26. The van der Waals surface area contributed by atoms with Gasteiger partial charge in [0.25, 0.3) is 5.56 Å². The molecule has 0 radical (unpaired) electrons. The van der Waals surface area contributed by atoms with Crippen LogP contribution >= 0.6 is 11.3 Å². The number of nitrogens with zero attached hydrogens (tertiary/aromatic N) is 2. The first-order valence-corrected chi connectivity index (χ1v) is 9.18. The van der Waals surface area contributed by atoms with Gasteiger partial charge in [-0.15, -0.1) is 11.3 Å². The van der Waals surface area contributed by atoms with E-state index in [2.05, 4.69) is 10.4 Å². The highest BCUT2D eigenvalue weighted by Crippen LogP contribution is 2.28. The van der Waals surface area contributed by atoms with Crippen LogP contribution in [0.4, 0.5) is 0 Å². The third kappa shape index (κ3) is 3.64. The summed E-state index contributed by atoms with van der Waals surface area (Å²) in [6.07, 6.45) is 0. The van der Waals surface area contributed by atoms with Gasteiger partial charge in [-0.05, 0) is 30.4 Å². The second-order valence-electron chi connectivity index (χ2n) is 6.43. The van der Waals surface area contributed by atoms with Gasteiger partial charge in [-0.2, -0.15) is 5.10 Å². The number of thiophene rings is 1. The van der Waals surface area contributed by atoms with E-state index in [1.54, 1.807) is 17.4 Å². The smallest absolute Gasteiger partial charge is 0.275 e. The fraction of sp³-hybridized carbons (Fsp3) is 0.316. The Morgan fingerprint density at radius 1 is 1.16 bits per heavy atom. The van der Waals surface area contributed by atoms with Gasteiger partial charge in [0.15, 0.2) is 0 Å². The van der Waals surface area contributed by atoms with Crippen LogP contribution < -0.4 is 10.9 Å². The van der Waals surface area contributed by atoms with Gasteiger partial charge in [-0.1, -0.05) is 38.1 Å². The lowest BCUT2D eigenvalue weighted by atomic mass is 10.1. The van der Waals surface area contributed by atoms with Crippen LogP contribution in [0, 0.1) is 5.92 Å². The molecule has 0 saturated heterocycles. The minimum Gasteiger partial charge on any atom is -0.352 e. The van der Waals surface area contributed by atoms with E-state index in [0.717, 1.165) is 16.0 Å². The Labute approximate surface area is 150 Å². The molecule has 2 aromatic heterocycles. The minimum absolute atomic E-state index is 0.0421. The molecule has 0 aliphatic rings. The van der Waals surface area contributed by atoms with Crippen molar-refractivity contribution in [3.8, 4) is 10.6 Å². The van der Waals surface area contributed by atoms with E-state index < -0.39 is 0 Å². The number of nitrogens with one attached hydrogen (secondary N) is 1. The number of hydrogen-bond acceptors (Lipinski definition) is 4. The summed E-state index contributed by atoms with van der Waals surface area (Å²) in [6, 6.07) is 11.3. The number of hydrogen-bond donors (Lipinski definition) is 1. The molecular weight excluding hydrogens is 334 g/mol. The summed E-state index contributed by atoms with van der Waals surface area (Å²) in [6.45, 7) is 5.95. The minimum atomic E-state index is -0.247. The molecule has 0 fully saturated rings. The second kappa shape index (κ2) is 7.19. The molecule has 5 nitrogen and oxygen atoms in total. The predicted octanol–water partition coefficient (Wildman–Crippen LogP) is 3.29. The maximum Gasteiger partial charge on any atom is 0.275 e.